The van der Waals surface area contributed by atoms with Crippen LogP contribution in [0.4, 0.5) is 4.39 Å². The van der Waals surface area contributed by atoms with Gasteiger partial charge in [0.25, 0.3) is 0 Å². The highest BCUT2D eigenvalue weighted by atomic mass is 127. The number of guanidine groups is 1. The second kappa shape index (κ2) is 10.4. The molecular formula is C18H26FIN6O. The minimum absolute atomic E-state index is 0. The van der Waals surface area contributed by atoms with Crippen LogP contribution >= 0.6 is 24.0 Å². The maximum Gasteiger partial charge on any atom is 0.345 e. The largest absolute Gasteiger partial charge is 0.356 e. The third kappa shape index (κ3) is 5.53. The van der Waals surface area contributed by atoms with E-state index in [0.717, 1.165) is 38.1 Å². The molecule has 0 fully saturated rings. The Bertz CT molecular complexity index is 831. The molecule has 1 aromatic carbocycles. The lowest BCUT2D eigenvalue weighted by Gasteiger charge is -2.12. The third-order valence-electron chi connectivity index (χ3n) is 4.50. The lowest BCUT2D eigenvalue weighted by Crippen LogP contribution is -2.38. The van der Waals surface area contributed by atoms with Crippen molar-refractivity contribution in [3.8, 4) is 0 Å². The number of aliphatic imine (C=N–C) groups is 1. The number of aryl methyl sites for hydroxylation is 2. The highest BCUT2D eigenvalue weighted by Gasteiger charge is 2.16. The molecule has 2 aromatic rings. The van der Waals surface area contributed by atoms with E-state index in [1.165, 1.54) is 6.07 Å². The minimum atomic E-state index is -0.237. The molecule has 1 aliphatic rings. The van der Waals surface area contributed by atoms with Gasteiger partial charge >= 0.3 is 5.69 Å². The lowest BCUT2D eigenvalue weighted by molar-refractivity contribution is 0.509. The third-order valence-corrected chi connectivity index (χ3v) is 4.50. The first-order chi connectivity index (χ1) is 12.7. The number of benzene rings is 1. The van der Waals surface area contributed by atoms with Crippen LogP contribution in [0.15, 0.2) is 34.1 Å². The summed E-state index contributed by atoms with van der Waals surface area (Å²) in [6.07, 6.45) is 3.77. The van der Waals surface area contributed by atoms with Crippen molar-refractivity contribution in [2.24, 2.45) is 4.99 Å². The van der Waals surface area contributed by atoms with Gasteiger partial charge in [0.2, 0.25) is 0 Å². The highest BCUT2D eigenvalue weighted by molar-refractivity contribution is 14.0. The van der Waals surface area contributed by atoms with Crippen LogP contribution in [0.1, 0.15) is 30.7 Å². The molecule has 0 bridgehead atoms. The number of halogens is 2. The second-order valence-electron chi connectivity index (χ2n) is 6.33. The molecule has 27 heavy (non-hydrogen) atoms. The van der Waals surface area contributed by atoms with E-state index in [1.807, 2.05) is 0 Å². The van der Waals surface area contributed by atoms with Crippen molar-refractivity contribution in [1.29, 1.82) is 0 Å². The fourth-order valence-corrected chi connectivity index (χ4v) is 3.07. The van der Waals surface area contributed by atoms with E-state index in [-0.39, 0.29) is 35.5 Å². The fourth-order valence-electron chi connectivity index (χ4n) is 3.07. The van der Waals surface area contributed by atoms with Gasteiger partial charge in [-0.25, -0.2) is 13.9 Å². The van der Waals surface area contributed by atoms with E-state index in [0.29, 0.717) is 31.2 Å². The van der Waals surface area contributed by atoms with Gasteiger partial charge in [0, 0.05) is 45.2 Å². The first kappa shape index (κ1) is 21.4. The van der Waals surface area contributed by atoms with Gasteiger partial charge in [-0.1, -0.05) is 18.2 Å². The number of nitrogens with zero attached hydrogens (tertiary/aromatic N) is 4. The van der Waals surface area contributed by atoms with Crippen molar-refractivity contribution < 1.29 is 4.39 Å². The van der Waals surface area contributed by atoms with E-state index in [1.54, 1.807) is 34.5 Å². The zero-order valence-corrected chi connectivity index (χ0v) is 17.8. The van der Waals surface area contributed by atoms with Crippen LogP contribution in [0.3, 0.4) is 0 Å². The lowest BCUT2D eigenvalue weighted by atomic mass is 10.2. The predicted molar refractivity (Wildman–Crippen MR) is 114 cm³/mol. The molecule has 9 heteroatoms. The Morgan fingerprint density at radius 2 is 2.11 bits per heavy atom. The molecule has 2 heterocycles. The Balaban J connectivity index is 0.00000261. The van der Waals surface area contributed by atoms with Crippen molar-refractivity contribution in [2.75, 3.05) is 13.6 Å². The molecule has 0 amide bonds. The Morgan fingerprint density at radius 1 is 1.30 bits per heavy atom. The maximum absolute atomic E-state index is 13.6. The summed E-state index contributed by atoms with van der Waals surface area (Å²) in [7, 11) is 1.67. The van der Waals surface area contributed by atoms with Crippen LogP contribution in [-0.2, 0) is 26.1 Å². The van der Waals surface area contributed by atoms with Crippen molar-refractivity contribution in [3.63, 3.8) is 0 Å². The Morgan fingerprint density at radius 3 is 2.85 bits per heavy atom. The van der Waals surface area contributed by atoms with Crippen LogP contribution in [0.2, 0.25) is 0 Å². The number of aromatic nitrogens is 3. The van der Waals surface area contributed by atoms with Gasteiger partial charge in [-0.2, -0.15) is 5.10 Å². The second-order valence-corrected chi connectivity index (χ2v) is 6.33. The Hall–Kier alpha value is -1.91. The van der Waals surface area contributed by atoms with Crippen molar-refractivity contribution >= 4 is 29.9 Å². The maximum atomic E-state index is 13.6. The van der Waals surface area contributed by atoms with Gasteiger partial charge in [0.1, 0.15) is 11.6 Å². The number of hydrogen-bond acceptors (Lipinski definition) is 3. The Labute approximate surface area is 175 Å². The summed E-state index contributed by atoms with van der Waals surface area (Å²) in [5.41, 5.74) is 0.576. The summed E-state index contributed by atoms with van der Waals surface area (Å²) in [6, 6.07) is 6.65. The SMILES string of the molecule is CN=C(NCCCn1nc2n(c1=O)CCCC2)NCc1ccccc1F.I. The topological polar surface area (TPSA) is 76.2 Å². The van der Waals surface area contributed by atoms with E-state index in [9.17, 15) is 9.18 Å². The zero-order valence-electron chi connectivity index (χ0n) is 15.4. The average molecular weight is 488 g/mol. The predicted octanol–water partition coefficient (Wildman–Crippen LogP) is 1.89. The zero-order chi connectivity index (χ0) is 18.4. The average Bonchev–Trinajstić information content (AvgIpc) is 2.98. The molecule has 148 valence electrons. The quantitative estimate of drug-likeness (QED) is 0.282. The van der Waals surface area contributed by atoms with Crippen LogP contribution in [-0.4, -0.2) is 33.9 Å². The monoisotopic (exact) mass is 488 g/mol. The van der Waals surface area contributed by atoms with Crippen LogP contribution in [0, 0.1) is 5.82 Å². The minimum Gasteiger partial charge on any atom is -0.356 e. The van der Waals surface area contributed by atoms with Gasteiger partial charge in [0.15, 0.2) is 5.96 Å². The molecule has 0 saturated heterocycles. The van der Waals surface area contributed by atoms with Crippen LogP contribution in [0.25, 0.3) is 0 Å². The fraction of sp³-hybridized carbons (Fsp3) is 0.500. The molecule has 0 saturated carbocycles. The van der Waals surface area contributed by atoms with E-state index < -0.39 is 0 Å². The smallest absolute Gasteiger partial charge is 0.345 e. The molecule has 0 spiro atoms. The number of nitrogens with one attached hydrogen (secondary N) is 2. The van der Waals surface area contributed by atoms with Crippen LogP contribution in [0.5, 0.6) is 0 Å². The van der Waals surface area contributed by atoms with Gasteiger partial charge in [-0.3, -0.25) is 9.56 Å². The highest BCUT2D eigenvalue weighted by Crippen LogP contribution is 2.09. The molecular weight excluding hydrogens is 462 g/mol. The van der Waals surface area contributed by atoms with E-state index in [2.05, 4.69) is 20.7 Å². The first-order valence-electron chi connectivity index (χ1n) is 9.03. The molecule has 7 nitrogen and oxygen atoms in total. The first-order valence-corrected chi connectivity index (χ1v) is 9.03. The van der Waals surface area contributed by atoms with Gasteiger partial charge in [-0.05, 0) is 25.3 Å². The van der Waals surface area contributed by atoms with Gasteiger partial charge in [-0.15, -0.1) is 24.0 Å². The molecule has 0 radical (unpaired) electrons. The summed E-state index contributed by atoms with van der Waals surface area (Å²) in [5, 5.41) is 10.7. The molecule has 1 aromatic heterocycles. The van der Waals surface area contributed by atoms with Crippen LogP contribution < -0.4 is 16.3 Å². The molecule has 0 unspecified atom stereocenters. The number of hydrogen-bond donors (Lipinski definition) is 2. The number of fused-ring (bicyclic) bond motifs is 1. The summed E-state index contributed by atoms with van der Waals surface area (Å²) in [5.74, 6) is 1.26. The van der Waals surface area contributed by atoms with E-state index in [4.69, 9.17) is 0 Å². The summed E-state index contributed by atoms with van der Waals surface area (Å²) < 4.78 is 17.0. The van der Waals surface area contributed by atoms with Gasteiger partial charge in [0.05, 0.1) is 0 Å². The molecule has 0 atom stereocenters. The van der Waals surface area contributed by atoms with Crippen molar-refractivity contribution in [1.82, 2.24) is 25.0 Å². The van der Waals surface area contributed by atoms with Crippen molar-refractivity contribution in [3.05, 3.63) is 52.0 Å². The summed E-state index contributed by atoms with van der Waals surface area (Å²) >= 11 is 0. The molecule has 3 rings (SSSR count). The normalized spacial score (nSPS) is 13.6. The van der Waals surface area contributed by atoms with E-state index >= 15 is 0 Å². The van der Waals surface area contributed by atoms with Crippen molar-refractivity contribution in [2.45, 2.75) is 45.3 Å². The summed E-state index contributed by atoms with van der Waals surface area (Å²) in [6.45, 7) is 2.35. The standard InChI is InChI=1S/C18H25FN6O.HI/c1-20-17(22-13-14-7-2-3-8-15(14)19)21-10-6-12-25-18(26)24-11-5-4-9-16(24)23-25;/h2-3,7-8H,4-6,9-13H2,1H3,(H2,20,21,22);1H. The molecule has 1 aliphatic heterocycles. The van der Waals surface area contributed by atoms with Gasteiger partial charge < -0.3 is 10.6 Å². The summed E-state index contributed by atoms with van der Waals surface area (Å²) in [4.78, 5) is 16.4. The molecule has 0 aliphatic carbocycles. The number of rotatable bonds is 6. The Kier molecular flexibility index (Phi) is 8.26. The molecule has 2 N–H and O–H groups in total.